The molecule has 2 unspecified atom stereocenters. The Morgan fingerprint density at radius 3 is 2.83 bits per heavy atom. The molecule has 2 N–H and O–H groups in total. The van der Waals surface area contributed by atoms with E-state index in [-0.39, 0.29) is 11.6 Å². The average Bonchev–Trinajstić information content (AvgIpc) is 2.26. The molecule has 2 rings (SSSR count). The number of hydrogen-bond donors (Lipinski definition) is 1. The van der Waals surface area contributed by atoms with Gasteiger partial charge in [-0.3, -0.25) is 0 Å². The minimum absolute atomic E-state index is 0.0209. The molecule has 0 saturated heterocycles. The van der Waals surface area contributed by atoms with Crippen LogP contribution in [0.5, 0.6) is 11.5 Å². The van der Waals surface area contributed by atoms with Gasteiger partial charge in [-0.1, -0.05) is 13.8 Å². The highest BCUT2D eigenvalue weighted by Crippen LogP contribution is 2.42. The lowest BCUT2D eigenvalue weighted by atomic mass is 9.83. The lowest BCUT2D eigenvalue weighted by Crippen LogP contribution is -2.41. The SMILES string of the molecule is COc1ccc2c(c1)C(N)CC(C)(CC(C)C)O2. The quantitative estimate of drug-likeness (QED) is 0.894. The highest BCUT2D eigenvalue weighted by molar-refractivity contribution is 5.44. The number of methoxy groups -OCH3 is 1. The van der Waals surface area contributed by atoms with Gasteiger partial charge in [-0.05, 0) is 37.5 Å². The normalized spacial score (nSPS) is 26.7. The monoisotopic (exact) mass is 249 g/mol. The van der Waals surface area contributed by atoms with Crippen molar-refractivity contribution < 1.29 is 9.47 Å². The van der Waals surface area contributed by atoms with E-state index in [0.717, 1.165) is 29.9 Å². The Bertz CT molecular complexity index is 431. The van der Waals surface area contributed by atoms with Crippen LogP contribution in [0.4, 0.5) is 0 Å². The predicted molar refractivity (Wildman–Crippen MR) is 73.0 cm³/mol. The van der Waals surface area contributed by atoms with E-state index in [1.54, 1.807) is 7.11 Å². The van der Waals surface area contributed by atoms with Gasteiger partial charge in [-0.25, -0.2) is 0 Å². The molecule has 1 aromatic rings. The Morgan fingerprint density at radius 2 is 2.22 bits per heavy atom. The zero-order valence-electron chi connectivity index (χ0n) is 11.7. The van der Waals surface area contributed by atoms with Gasteiger partial charge in [0.05, 0.1) is 7.11 Å². The molecule has 1 aliphatic heterocycles. The zero-order chi connectivity index (χ0) is 13.3. The van der Waals surface area contributed by atoms with Crippen LogP contribution in [0.2, 0.25) is 0 Å². The minimum atomic E-state index is -0.158. The third-order valence-electron chi connectivity index (χ3n) is 3.46. The lowest BCUT2D eigenvalue weighted by molar-refractivity contribution is 0.0339. The molecule has 0 spiro atoms. The maximum Gasteiger partial charge on any atom is 0.125 e. The van der Waals surface area contributed by atoms with Crippen molar-refractivity contribution in [3.8, 4) is 11.5 Å². The van der Waals surface area contributed by atoms with E-state index in [1.165, 1.54) is 0 Å². The number of nitrogens with two attached hydrogens (primary N) is 1. The largest absolute Gasteiger partial charge is 0.497 e. The number of fused-ring (bicyclic) bond motifs is 1. The maximum absolute atomic E-state index is 6.29. The molecule has 18 heavy (non-hydrogen) atoms. The van der Waals surface area contributed by atoms with E-state index < -0.39 is 0 Å². The zero-order valence-corrected chi connectivity index (χ0v) is 11.7. The van der Waals surface area contributed by atoms with Crippen molar-refractivity contribution in [1.82, 2.24) is 0 Å². The standard InChI is InChI=1S/C15H23NO2/c1-10(2)8-15(3)9-13(16)12-7-11(17-4)5-6-14(12)18-15/h5-7,10,13H,8-9,16H2,1-4H3. The second kappa shape index (κ2) is 4.81. The van der Waals surface area contributed by atoms with Crippen molar-refractivity contribution in [3.63, 3.8) is 0 Å². The van der Waals surface area contributed by atoms with Crippen molar-refractivity contribution in [2.24, 2.45) is 11.7 Å². The van der Waals surface area contributed by atoms with Gasteiger partial charge in [0.15, 0.2) is 0 Å². The maximum atomic E-state index is 6.29. The molecular weight excluding hydrogens is 226 g/mol. The molecule has 0 fully saturated rings. The van der Waals surface area contributed by atoms with Gasteiger partial charge in [0.25, 0.3) is 0 Å². The molecule has 2 atom stereocenters. The highest BCUT2D eigenvalue weighted by Gasteiger charge is 2.36. The summed E-state index contributed by atoms with van der Waals surface area (Å²) >= 11 is 0. The van der Waals surface area contributed by atoms with Gasteiger partial charge in [-0.2, -0.15) is 0 Å². The molecule has 0 aliphatic carbocycles. The number of hydrogen-bond acceptors (Lipinski definition) is 3. The van der Waals surface area contributed by atoms with Gasteiger partial charge in [0.2, 0.25) is 0 Å². The average molecular weight is 249 g/mol. The van der Waals surface area contributed by atoms with Gasteiger partial charge in [0, 0.05) is 18.0 Å². The first-order valence-electron chi connectivity index (χ1n) is 6.56. The molecule has 0 radical (unpaired) electrons. The minimum Gasteiger partial charge on any atom is -0.497 e. The Morgan fingerprint density at radius 1 is 1.50 bits per heavy atom. The molecule has 1 aliphatic rings. The number of ether oxygens (including phenoxy) is 2. The lowest BCUT2D eigenvalue weighted by Gasteiger charge is -2.40. The summed E-state index contributed by atoms with van der Waals surface area (Å²) in [5, 5.41) is 0. The summed E-state index contributed by atoms with van der Waals surface area (Å²) in [6, 6.07) is 5.89. The highest BCUT2D eigenvalue weighted by atomic mass is 16.5. The fourth-order valence-corrected chi connectivity index (χ4v) is 2.91. The third-order valence-corrected chi connectivity index (χ3v) is 3.46. The van der Waals surface area contributed by atoms with Crippen molar-refractivity contribution in [1.29, 1.82) is 0 Å². The molecule has 100 valence electrons. The molecule has 0 saturated carbocycles. The summed E-state index contributed by atoms with van der Waals surface area (Å²) in [5.74, 6) is 2.33. The van der Waals surface area contributed by atoms with E-state index in [1.807, 2.05) is 18.2 Å². The third kappa shape index (κ3) is 2.61. The van der Waals surface area contributed by atoms with Crippen molar-refractivity contribution in [2.45, 2.75) is 45.3 Å². The topological polar surface area (TPSA) is 44.5 Å². The van der Waals surface area contributed by atoms with E-state index in [9.17, 15) is 0 Å². The molecule has 3 nitrogen and oxygen atoms in total. The van der Waals surface area contributed by atoms with E-state index >= 15 is 0 Å². The van der Waals surface area contributed by atoms with Gasteiger partial charge in [0.1, 0.15) is 17.1 Å². The van der Waals surface area contributed by atoms with Crippen LogP contribution < -0.4 is 15.2 Å². The first kappa shape index (κ1) is 13.2. The van der Waals surface area contributed by atoms with Crippen molar-refractivity contribution in [3.05, 3.63) is 23.8 Å². The summed E-state index contributed by atoms with van der Waals surface area (Å²) in [5.41, 5.74) is 7.18. The molecule has 1 aromatic carbocycles. The van der Waals surface area contributed by atoms with Gasteiger partial charge < -0.3 is 15.2 Å². The Labute approximate surface area is 109 Å². The Kier molecular flexibility index (Phi) is 3.53. The van der Waals surface area contributed by atoms with Crippen molar-refractivity contribution >= 4 is 0 Å². The van der Waals surface area contributed by atoms with E-state index in [0.29, 0.717) is 5.92 Å². The van der Waals surface area contributed by atoms with Crippen LogP contribution in [0.3, 0.4) is 0 Å². The van der Waals surface area contributed by atoms with Crippen LogP contribution in [-0.4, -0.2) is 12.7 Å². The number of benzene rings is 1. The smallest absolute Gasteiger partial charge is 0.125 e. The summed E-state index contributed by atoms with van der Waals surface area (Å²) < 4.78 is 11.4. The molecular formula is C15H23NO2. The van der Waals surface area contributed by atoms with Crippen LogP contribution in [0.25, 0.3) is 0 Å². The molecule has 0 bridgehead atoms. The summed E-state index contributed by atoms with van der Waals surface area (Å²) in [4.78, 5) is 0. The fourth-order valence-electron chi connectivity index (χ4n) is 2.91. The molecule has 0 amide bonds. The summed E-state index contributed by atoms with van der Waals surface area (Å²) in [6.45, 7) is 6.58. The van der Waals surface area contributed by atoms with Crippen LogP contribution in [0.15, 0.2) is 18.2 Å². The Hall–Kier alpha value is -1.22. The van der Waals surface area contributed by atoms with Crippen LogP contribution in [0, 0.1) is 5.92 Å². The van der Waals surface area contributed by atoms with Crippen LogP contribution >= 0.6 is 0 Å². The Balaban J connectivity index is 2.29. The molecule has 3 heteroatoms. The van der Waals surface area contributed by atoms with Gasteiger partial charge >= 0.3 is 0 Å². The van der Waals surface area contributed by atoms with Crippen LogP contribution in [-0.2, 0) is 0 Å². The second-order valence-corrected chi connectivity index (χ2v) is 5.86. The van der Waals surface area contributed by atoms with E-state index in [2.05, 4.69) is 20.8 Å². The summed E-state index contributed by atoms with van der Waals surface area (Å²) in [7, 11) is 1.67. The van der Waals surface area contributed by atoms with Crippen molar-refractivity contribution in [2.75, 3.05) is 7.11 Å². The summed E-state index contributed by atoms with van der Waals surface area (Å²) in [6.07, 6.45) is 1.87. The molecule has 1 heterocycles. The van der Waals surface area contributed by atoms with Gasteiger partial charge in [-0.15, -0.1) is 0 Å². The second-order valence-electron chi connectivity index (χ2n) is 5.86. The van der Waals surface area contributed by atoms with Crippen LogP contribution in [0.1, 0.15) is 45.2 Å². The number of rotatable bonds is 3. The predicted octanol–water partition coefficient (Wildman–Crippen LogP) is 3.28. The molecule has 0 aromatic heterocycles. The first-order valence-corrected chi connectivity index (χ1v) is 6.56. The van der Waals surface area contributed by atoms with E-state index in [4.69, 9.17) is 15.2 Å². The first-order chi connectivity index (χ1) is 8.43. The fraction of sp³-hybridized carbons (Fsp3) is 0.600.